The molecular formula is C5H9NO3SSe. The van der Waals surface area contributed by atoms with Gasteiger partial charge in [0.15, 0.2) is 0 Å². The van der Waals surface area contributed by atoms with Crippen molar-refractivity contribution in [2.75, 3.05) is 0 Å². The molecule has 0 rings (SSSR count). The number of carbonyl (C=O) groups excluding carboxylic acids is 1. The van der Waals surface area contributed by atoms with Gasteiger partial charge in [-0.2, -0.15) is 0 Å². The molecule has 0 spiro atoms. The van der Waals surface area contributed by atoms with E-state index < -0.39 is 12.0 Å². The van der Waals surface area contributed by atoms with Crippen molar-refractivity contribution in [3.63, 3.8) is 0 Å². The molecule has 2 N–H and O–H groups in total. The average molecular weight is 242 g/mol. The van der Waals surface area contributed by atoms with Gasteiger partial charge >= 0.3 is 78.0 Å². The molecule has 64 valence electrons. The first-order valence-corrected chi connectivity index (χ1v) is 4.62. The zero-order chi connectivity index (χ0) is 9.02. The number of hydrogen-bond acceptors (Lipinski definition) is 3. The fourth-order valence-corrected chi connectivity index (χ4v) is 1.68. The number of nitrogens with one attached hydrogen (secondary N) is 1. The van der Waals surface area contributed by atoms with Gasteiger partial charge < -0.3 is 0 Å². The maximum absolute atomic E-state index is 10.6. The molecule has 0 aliphatic rings. The van der Waals surface area contributed by atoms with E-state index in [2.05, 4.69) is 28.8 Å². The van der Waals surface area contributed by atoms with E-state index in [-0.39, 0.29) is 10.2 Å². The summed E-state index contributed by atoms with van der Waals surface area (Å²) in [5.74, 6) is -1.37. The van der Waals surface area contributed by atoms with Gasteiger partial charge in [0.05, 0.1) is 0 Å². The third-order valence-electron chi connectivity index (χ3n) is 1.14. The summed E-state index contributed by atoms with van der Waals surface area (Å²) in [6.45, 7) is 1.28. The average Bonchev–Trinajstić information content (AvgIpc) is 1.88. The third kappa shape index (κ3) is 3.24. The minimum atomic E-state index is -1.04. The van der Waals surface area contributed by atoms with Gasteiger partial charge in [-0.05, 0) is 0 Å². The molecular weight excluding hydrogens is 233 g/mol. The van der Waals surface area contributed by atoms with Crippen LogP contribution in [0, 0.1) is 0 Å². The van der Waals surface area contributed by atoms with Gasteiger partial charge in [0.25, 0.3) is 0 Å². The number of carboxylic acids is 1. The van der Waals surface area contributed by atoms with Crippen LogP contribution in [0.1, 0.15) is 6.92 Å². The first kappa shape index (κ1) is 11.0. The van der Waals surface area contributed by atoms with Crippen molar-refractivity contribution in [1.82, 2.24) is 0 Å². The topological polar surface area (TPSA) is 58.8 Å². The van der Waals surface area contributed by atoms with Gasteiger partial charge in [0.2, 0.25) is 0 Å². The SMILES string of the molecule is CC(=O)[NH+]([S-])C(C[SeH])C(=O)O. The quantitative estimate of drug-likeness (QED) is 0.430. The molecule has 0 heterocycles. The van der Waals surface area contributed by atoms with Crippen molar-refractivity contribution in [2.45, 2.75) is 18.3 Å². The summed E-state index contributed by atoms with van der Waals surface area (Å²) in [6, 6.07) is -0.817. The Morgan fingerprint density at radius 2 is 2.18 bits per heavy atom. The van der Waals surface area contributed by atoms with E-state index in [1.807, 2.05) is 0 Å². The van der Waals surface area contributed by atoms with Gasteiger partial charge in [0, 0.05) is 0 Å². The first-order valence-electron chi connectivity index (χ1n) is 2.89. The zero-order valence-electron chi connectivity index (χ0n) is 5.90. The van der Waals surface area contributed by atoms with Crippen LogP contribution >= 0.6 is 0 Å². The van der Waals surface area contributed by atoms with Crippen LogP contribution in [0.5, 0.6) is 0 Å². The molecule has 2 unspecified atom stereocenters. The molecule has 2 atom stereocenters. The summed E-state index contributed by atoms with van der Waals surface area (Å²) >= 11 is 6.75. The molecule has 11 heavy (non-hydrogen) atoms. The molecule has 0 aromatic rings. The number of amides is 1. The van der Waals surface area contributed by atoms with Crippen LogP contribution in [0.15, 0.2) is 0 Å². The molecule has 0 aromatic heterocycles. The van der Waals surface area contributed by atoms with Crippen LogP contribution in [0.3, 0.4) is 0 Å². The molecule has 0 aliphatic heterocycles. The summed E-state index contributed by atoms with van der Waals surface area (Å²) in [5.41, 5.74) is 0. The standard InChI is InChI=1S/C5H9NO3SSe/c1-3(7)6(10)4(2-11)5(8)9/h4,6,11H,2H2,1H3,(H,8,9). The Balaban J connectivity index is 4.25. The number of hydrogen-bond donors (Lipinski definition) is 2. The summed E-state index contributed by atoms with van der Waals surface area (Å²) < 4.78 is -0.00174. The second kappa shape index (κ2) is 4.77. The predicted molar refractivity (Wildman–Crippen MR) is 42.4 cm³/mol. The van der Waals surface area contributed by atoms with Crippen molar-refractivity contribution in [2.24, 2.45) is 0 Å². The van der Waals surface area contributed by atoms with Crippen molar-refractivity contribution in [3.05, 3.63) is 0 Å². The van der Waals surface area contributed by atoms with Crippen molar-refractivity contribution >= 4 is 40.7 Å². The molecule has 1 amide bonds. The fraction of sp³-hybridized carbons (Fsp3) is 0.600. The Bertz CT molecular complexity index is 175. The van der Waals surface area contributed by atoms with Crippen LogP contribution in [-0.2, 0) is 22.4 Å². The third-order valence-corrected chi connectivity index (χ3v) is 2.48. The summed E-state index contributed by atoms with van der Waals surface area (Å²) in [7, 11) is 0. The van der Waals surface area contributed by atoms with Crippen LogP contribution < -0.4 is 4.31 Å². The van der Waals surface area contributed by atoms with Gasteiger partial charge in [-0.3, -0.25) is 0 Å². The molecule has 0 radical (unpaired) electrons. The summed E-state index contributed by atoms with van der Waals surface area (Å²) in [5, 5.41) is 8.85. The molecule has 0 bridgehead atoms. The number of carboxylic acid groups (broad SMARTS) is 1. The van der Waals surface area contributed by atoms with E-state index in [0.717, 1.165) is 0 Å². The first-order chi connectivity index (χ1) is 5.00. The van der Waals surface area contributed by atoms with Crippen molar-refractivity contribution in [1.29, 1.82) is 0 Å². The maximum atomic E-state index is 10.6. The monoisotopic (exact) mass is 243 g/mol. The van der Waals surface area contributed by atoms with E-state index in [9.17, 15) is 9.59 Å². The van der Waals surface area contributed by atoms with Gasteiger partial charge in [-0.15, -0.1) is 0 Å². The van der Waals surface area contributed by atoms with Crippen LogP contribution in [-0.4, -0.2) is 39.0 Å². The Kier molecular flexibility index (Phi) is 4.76. The van der Waals surface area contributed by atoms with E-state index in [1.165, 1.54) is 6.92 Å². The van der Waals surface area contributed by atoms with Crippen LogP contribution in [0.2, 0.25) is 5.32 Å². The number of rotatable bonds is 3. The normalized spacial score (nSPS) is 15.5. The summed E-state index contributed by atoms with van der Waals surface area (Å²) in [4.78, 5) is 21.1. The van der Waals surface area contributed by atoms with E-state index in [4.69, 9.17) is 5.11 Å². The molecule has 4 nitrogen and oxygen atoms in total. The Morgan fingerprint density at radius 1 is 1.73 bits per heavy atom. The molecule has 0 saturated heterocycles. The predicted octanol–water partition coefficient (Wildman–Crippen LogP) is -2.35. The van der Waals surface area contributed by atoms with E-state index in [0.29, 0.717) is 5.32 Å². The van der Waals surface area contributed by atoms with Crippen molar-refractivity contribution in [3.8, 4) is 0 Å². The van der Waals surface area contributed by atoms with Gasteiger partial charge in [-0.1, -0.05) is 0 Å². The van der Waals surface area contributed by atoms with Gasteiger partial charge in [-0.25, -0.2) is 0 Å². The fourth-order valence-electron chi connectivity index (χ4n) is 0.519. The Morgan fingerprint density at radius 3 is 2.27 bits per heavy atom. The van der Waals surface area contributed by atoms with Gasteiger partial charge in [0.1, 0.15) is 0 Å². The van der Waals surface area contributed by atoms with Crippen LogP contribution in [0.25, 0.3) is 0 Å². The van der Waals surface area contributed by atoms with E-state index >= 15 is 0 Å². The Hall–Kier alpha value is -0.0305. The Labute approximate surface area is 78.3 Å². The van der Waals surface area contributed by atoms with E-state index in [1.54, 1.807) is 0 Å². The zero-order valence-corrected chi connectivity index (χ0v) is 8.60. The van der Waals surface area contributed by atoms with Crippen LogP contribution in [0.4, 0.5) is 0 Å². The molecule has 0 aliphatic carbocycles. The van der Waals surface area contributed by atoms with Crippen molar-refractivity contribution < 1.29 is 19.0 Å². The summed E-state index contributed by atoms with van der Waals surface area (Å²) in [6.07, 6.45) is 0. The molecule has 0 saturated carbocycles. The molecule has 0 aromatic carbocycles. The number of aliphatic carboxylic acids is 1. The second-order valence-electron chi connectivity index (χ2n) is 1.99. The number of quaternary nitrogens is 1. The second-order valence-corrected chi connectivity index (χ2v) is 3.20. The molecule has 0 fully saturated rings. The number of carbonyl (C=O) groups is 2. The molecule has 6 heteroatoms. The minimum absolute atomic E-state index is 0.00174.